The molecule has 4 nitrogen and oxygen atoms in total. The lowest BCUT2D eigenvalue weighted by Gasteiger charge is -2.21. The van der Waals surface area contributed by atoms with Crippen molar-refractivity contribution in [3.05, 3.63) is 17.5 Å². The fourth-order valence-corrected chi connectivity index (χ4v) is 2.21. The van der Waals surface area contributed by atoms with Gasteiger partial charge >= 0.3 is 0 Å². The highest BCUT2D eigenvalue weighted by Gasteiger charge is 2.15. The topological polar surface area (TPSA) is 50.1 Å². The molecule has 2 atom stereocenters. The molecule has 1 rings (SSSR count). The first-order valence-electron chi connectivity index (χ1n) is 5.44. The lowest BCUT2D eigenvalue weighted by atomic mass is 10.2. The minimum atomic E-state index is 0.210. The molecule has 1 aromatic rings. The van der Waals surface area contributed by atoms with E-state index in [1.54, 1.807) is 11.8 Å². The molecule has 0 spiro atoms. The van der Waals surface area contributed by atoms with Crippen LogP contribution in [0.1, 0.15) is 18.2 Å². The summed E-state index contributed by atoms with van der Waals surface area (Å²) in [5.41, 5.74) is 2.40. The van der Waals surface area contributed by atoms with Crippen molar-refractivity contribution in [2.75, 3.05) is 12.9 Å². The summed E-state index contributed by atoms with van der Waals surface area (Å²) in [5, 5.41) is 17.0. The zero-order valence-corrected chi connectivity index (χ0v) is 11.2. The third-order valence-corrected chi connectivity index (χ3v) is 4.15. The Balaban J connectivity index is 2.48. The van der Waals surface area contributed by atoms with Crippen LogP contribution in [0.2, 0.25) is 0 Å². The van der Waals surface area contributed by atoms with Crippen LogP contribution >= 0.6 is 11.8 Å². The number of aliphatic hydroxyl groups is 1. The van der Waals surface area contributed by atoms with Gasteiger partial charge in [-0.2, -0.15) is 16.9 Å². The molecule has 2 unspecified atom stereocenters. The lowest BCUT2D eigenvalue weighted by Crippen LogP contribution is -2.37. The van der Waals surface area contributed by atoms with Gasteiger partial charge in [0.1, 0.15) is 0 Å². The van der Waals surface area contributed by atoms with E-state index < -0.39 is 0 Å². The highest BCUT2D eigenvalue weighted by molar-refractivity contribution is 7.99. The van der Waals surface area contributed by atoms with Crippen molar-refractivity contribution in [1.82, 2.24) is 15.1 Å². The maximum Gasteiger partial charge on any atom is 0.0564 e. The standard InChI is InChI=1S/C11H21N3OS/c1-8(11(7-15)16-4)12-5-10-6-13-14(3)9(10)2/h6,8,11-12,15H,5,7H2,1-4H3. The quantitative estimate of drug-likeness (QED) is 0.780. The maximum atomic E-state index is 9.18. The van der Waals surface area contributed by atoms with Crippen LogP contribution in [0.4, 0.5) is 0 Å². The molecule has 2 N–H and O–H groups in total. The van der Waals surface area contributed by atoms with Crippen molar-refractivity contribution in [3.63, 3.8) is 0 Å². The Morgan fingerprint density at radius 1 is 1.62 bits per heavy atom. The predicted molar refractivity (Wildman–Crippen MR) is 68.6 cm³/mol. The maximum absolute atomic E-state index is 9.18. The van der Waals surface area contributed by atoms with E-state index in [1.807, 2.05) is 24.2 Å². The number of aliphatic hydroxyl groups excluding tert-OH is 1. The number of thioether (sulfide) groups is 1. The van der Waals surface area contributed by atoms with Crippen LogP contribution in [0.25, 0.3) is 0 Å². The molecule has 0 saturated heterocycles. The second kappa shape index (κ2) is 6.27. The van der Waals surface area contributed by atoms with Crippen molar-refractivity contribution in [2.45, 2.75) is 31.7 Å². The molecule has 1 heterocycles. The molecule has 0 aliphatic rings. The van der Waals surface area contributed by atoms with Crippen LogP contribution in [-0.4, -0.2) is 39.0 Å². The number of hydrogen-bond donors (Lipinski definition) is 2. The molecule has 0 saturated carbocycles. The summed E-state index contributed by atoms with van der Waals surface area (Å²) in [6, 6.07) is 0.291. The first kappa shape index (κ1) is 13.5. The molecule has 0 amide bonds. The third-order valence-electron chi connectivity index (χ3n) is 2.99. The lowest BCUT2D eigenvalue weighted by molar-refractivity contribution is 0.276. The minimum absolute atomic E-state index is 0.210. The van der Waals surface area contributed by atoms with Gasteiger partial charge in [-0.25, -0.2) is 0 Å². The number of hydrogen-bond acceptors (Lipinski definition) is 4. The van der Waals surface area contributed by atoms with Crippen LogP contribution in [0.3, 0.4) is 0 Å². The molecule has 5 heteroatoms. The molecule has 0 aromatic carbocycles. The number of nitrogens with one attached hydrogen (secondary N) is 1. The fraction of sp³-hybridized carbons (Fsp3) is 0.727. The Morgan fingerprint density at radius 3 is 2.75 bits per heavy atom. The second-order valence-electron chi connectivity index (χ2n) is 4.01. The Morgan fingerprint density at radius 2 is 2.31 bits per heavy atom. The average molecular weight is 243 g/mol. The summed E-state index contributed by atoms with van der Waals surface area (Å²) in [6.45, 7) is 5.18. The molecule has 0 aliphatic heterocycles. The molecule has 16 heavy (non-hydrogen) atoms. The van der Waals surface area contributed by atoms with Crippen LogP contribution < -0.4 is 5.32 Å². The zero-order chi connectivity index (χ0) is 12.1. The van der Waals surface area contributed by atoms with E-state index in [1.165, 1.54) is 11.3 Å². The predicted octanol–water partition coefficient (Wildman–Crippen LogP) is 0.931. The normalized spacial score (nSPS) is 15.1. The summed E-state index contributed by atoms with van der Waals surface area (Å²) < 4.78 is 1.87. The Labute approximate surface area is 101 Å². The third kappa shape index (κ3) is 3.23. The van der Waals surface area contributed by atoms with Crippen LogP contribution in [0.5, 0.6) is 0 Å². The van der Waals surface area contributed by atoms with E-state index in [2.05, 4.69) is 24.3 Å². The molecule has 92 valence electrons. The van der Waals surface area contributed by atoms with Gasteiger partial charge in [-0.05, 0) is 20.1 Å². The Kier molecular flexibility index (Phi) is 5.31. The van der Waals surface area contributed by atoms with Crippen molar-refractivity contribution < 1.29 is 5.11 Å². The highest BCUT2D eigenvalue weighted by Crippen LogP contribution is 2.12. The molecule has 0 bridgehead atoms. The Bertz CT molecular complexity index is 323. The SMILES string of the molecule is CSC(CO)C(C)NCc1cnn(C)c1C. The van der Waals surface area contributed by atoms with Gasteiger partial charge < -0.3 is 10.4 Å². The molecular formula is C11H21N3OS. The monoisotopic (exact) mass is 243 g/mol. The molecule has 0 fully saturated rings. The largest absolute Gasteiger partial charge is 0.395 e. The zero-order valence-electron chi connectivity index (χ0n) is 10.4. The number of aryl methyl sites for hydroxylation is 1. The summed E-state index contributed by atoms with van der Waals surface area (Å²) in [7, 11) is 1.95. The highest BCUT2D eigenvalue weighted by atomic mass is 32.2. The van der Waals surface area contributed by atoms with Gasteiger partial charge in [0.15, 0.2) is 0 Å². The average Bonchev–Trinajstić information content (AvgIpc) is 2.59. The van der Waals surface area contributed by atoms with Crippen molar-refractivity contribution in [2.24, 2.45) is 7.05 Å². The van der Waals surface area contributed by atoms with E-state index >= 15 is 0 Å². The van der Waals surface area contributed by atoms with E-state index in [0.717, 1.165) is 6.54 Å². The summed E-state index contributed by atoms with van der Waals surface area (Å²) in [5.74, 6) is 0. The first-order chi connectivity index (χ1) is 7.60. The van der Waals surface area contributed by atoms with Crippen LogP contribution in [0.15, 0.2) is 6.20 Å². The smallest absolute Gasteiger partial charge is 0.0564 e. The van der Waals surface area contributed by atoms with Crippen molar-refractivity contribution in [1.29, 1.82) is 0 Å². The van der Waals surface area contributed by atoms with Crippen molar-refractivity contribution in [3.8, 4) is 0 Å². The number of aromatic nitrogens is 2. The van der Waals surface area contributed by atoms with Gasteiger partial charge in [-0.15, -0.1) is 0 Å². The van der Waals surface area contributed by atoms with Gasteiger partial charge in [0.2, 0.25) is 0 Å². The van der Waals surface area contributed by atoms with E-state index in [4.69, 9.17) is 0 Å². The minimum Gasteiger partial charge on any atom is -0.395 e. The molecular weight excluding hydrogens is 222 g/mol. The van der Waals surface area contributed by atoms with Crippen LogP contribution in [-0.2, 0) is 13.6 Å². The summed E-state index contributed by atoms with van der Waals surface area (Å²) in [6.07, 6.45) is 3.91. The second-order valence-corrected chi connectivity index (χ2v) is 5.08. The van der Waals surface area contributed by atoms with Crippen LogP contribution in [0, 0.1) is 6.92 Å². The van der Waals surface area contributed by atoms with Gasteiger partial charge in [-0.3, -0.25) is 4.68 Å². The first-order valence-corrected chi connectivity index (χ1v) is 6.73. The molecule has 0 aliphatic carbocycles. The van der Waals surface area contributed by atoms with E-state index in [9.17, 15) is 5.11 Å². The molecule has 0 radical (unpaired) electrons. The summed E-state index contributed by atoms with van der Waals surface area (Å²) in [4.78, 5) is 0. The fourth-order valence-electron chi connectivity index (χ4n) is 1.56. The van der Waals surface area contributed by atoms with Gasteiger partial charge in [0.25, 0.3) is 0 Å². The van der Waals surface area contributed by atoms with Crippen molar-refractivity contribution >= 4 is 11.8 Å². The van der Waals surface area contributed by atoms with Gasteiger partial charge in [0.05, 0.1) is 12.8 Å². The van der Waals surface area contributed by atoms with Gasteiger partial charge in [-0.1, -0.05) is 0 Å². The number of nitrogens with zero attached hydrogens (tertiary/aromatic N) is 2. The van der Waals surface area contributed by atoms with E-state index in [0.29, 0.717) is 6.04 Å². The summed E-state index contributed by atoms with van der Waals surface area (Å²) >= 11 is 1.69. The molecule has 1 aromatic heterocycles. The Hall–Kier alpha value is -0.520. The number of rotatable bonds is 6. The van der Waals surface area contributed by atoms with Gasteiger partial charge in [0, 0.05) is 36.1 Å². The van der Waals surface area contributed by atoms with E-state index in [-0.39, 0.29) is 11.9 Å².